The van der Waals surface area contributed by atoms with E-state index in [0.29, 0.717) is 12.5 Å². The van der Waals surface area contributed by atoms with Gasteiger partial charge in [-0.3, -0.25) is 0 Å². The van der Waals surface area contributed by atoms with Crippen molar-refractivity contribution in [2.24, 2.45) is 5.92 Å². The molecule has 17 heavy (non-hydrogen) atoms. The van der Waals surface area contributed by atoms with Gasteiger partial charge in [-0.1, -0.05) is 6.92 Å². The molecule has 0 radical (unpaired) electrons. The molecule has 0 amide bonds. The van der Waals surface area contributed by atoms with Crippen LogP contribution in [0.3, 0.4) is 0 Å². The van der Waals surface area contributed by atoms with Crippen molar-refractivity contribution >= 4 is 11.9 Å². The first-order valence-electron chi connectivity index (χ1n) is 5.81. The van der Waals surface area contributed by atoms with E-state index >= 15 is 0 Å². The molecule has 1 saturated heterocycles. The highest BCUT2D eigenvalue weighted by atomic mass is 16.4. The minimum atomic E-state index is -0.794. The molecule has 92 valence electrons. The maximum absolute atomic E-state index is 11.3. The number of hydrogen-bond donors (Lipinski definition) is 1. The maximum atomic E-state index is 11.3. The number of aryl methyl sites for hydroxylation is 2. The SMILES string of the molecule is Cc1cc(C)nc(N2CCC(C)C2C(=O)O)n1. The molecule has 2 unspecified atom stereocenters. The van der Waals surface area contributed by atoms with Gasteiger partial charge in [0, 0.05) is 17.9 Å². The Hall–Kier alpha value is -1.65. The maximum Gasteiger partial charge on any atom is 0.326 e. The fourth-order valence-electron chi connectivity index (χ4n) is 2.38. The van der Waals surface area contributed by atoms with E-state index in [-0.39, 0.29) is 5.92 Å². The van der Waals surface area contributed by atoms with Crippen molar-refractivity contribution in [1.29, 1.82) is 0 Å². The van der Waals surface area contributed by atoms with Crippen molar-refractivity contribution in [2.75, 3.05) is 11.4 Å². The minimum Gasteiger partial charge on any atom is -0.480 e. The van der Waals surface area contributed by atoms with Crippen LogP contribution < -0.4 is 4.90 Å². The van der Waals surface area contributed by atoms with E-state index in [1.54, 1.807) is 4.90 Å². The molecule has 0 bridgehead atoms. The third kappa shape index (κ3) is 2.23. The first kappa shape index (κ1) is 11.8. The Morgan fingerprint density at radius 1 is 1.41 bits per heavy atom. The number of nitrogens with zero attached hydrogens (tertiary/aromatic N) is 3. The van der Waals surface area contributed by atoms with Crippen LogP contribution in [0.2, 0.25) is 0 Å². The van der Waals surface area contributed by atoms with E-state index in [1.807, 2.05) is 26.8 Å². The molecule has 2 heterocycles. The lowest BCUT2D eigenvalue weighted by Crippen LogP contribution is -2.40. The Kier molecular flexibility index (Phi) is 3.00. The van der Waals surface area contributed by atoms with Gasteiger partial charge in [0.05, 0.1) is 0 Å². The molecular formula is C12H17N3O2. The van der Waals surface area contributed by atoms with Gasteiger partial charge in [-0.15, -0.1) is 0 Å². The predicted octanol–water partition coefficient (Wildman–Crippen LogP) is 1.39. The number of carboxylic acids is 1. The average Bonchev–Trinajstić information content (AvgIpc) is 2.58. The number of carbonyl (C=O) groups is 1. The van der Waals surface area contributed by atoms with Crippen molar-refractivity contribution < 1.29 is 9.90 Å². The van der Waals surface area contributed by atoms with E-state index in [0.717, 1.165) is 17.8 Å². The van der Waals surface area contributed by atoms with E-state index in [4.69, 9.17) is 0 Å². The molecule has 2 rings (SSSR count). The van der Waals surface area contributed by atoms with Crippen LogP contribution in [-0.4, -0.2) is 33.6 Å². The van der Waals surface area contributed by atoms with E-state index in [1.165, 1.54) is 0 Å². The van der Waals surface area contributed by atoms with E-state index < -0.39 is 12.0 Å². The second-order valence-corrected chi connectivity index (χ2v) is 4.69. The molecule has 1 aromatic heterocycles. The quantitative estimate of drug-likeness (QED) is 0.839. The zero-order valence-corrected chi connectivity index (χ0v) is 10.3. The Morgan fingerprint density at radius 3 is 2.53 bits per heavy atom. The van der Waals surface area contributed by atoms with Crippen molar-refractivity contribution in [3.63, 3.8) is 0 Å². The first-order valence-corrected chi connectivity index (χ1v) is 5.81. The van der Waals surface area contributed by atoms with Crippen molar-refractivity contribution in [3.05, 3.63) is 17.5 Å². The second kappa shape index (κ2) is 4.31. The Morgan fingerprint density at radius 2 is 2.00 bits per heavy atom. The molecule has 1 N–H and O–H groups in total. The molecule has 0 saturated carbocycles. The molecule has 1 aliphatic rings. The van der Waals surface area contributed by atoms with Crippen molar-refractivity contribution in [3.8, 4) is 0 Å². The first-order chi connectivity index (χ1) is 7.99. The molecule has 1 fully saturated rings. The highest BCUT2D eigenvalue weighted by Gasteiger charge is 2.38. The minimum absolute atomic E-state index is 0.136. The van der Waals surface area contributed by atoms with Crippen LogP contribution in [0.25, 0.3) is 0 Å². The summed E-state index contributed by atoms with van der Waals surface area (Å²) in [7, 11) is 0. The number of rotatable bonds is 2. The summed E-state index contributed by atoms with van der Waals surface area (Å²) < 4.78 is 0. The van der Waals surface area contributed by atoms with Crippen LogP contribution in [0.15, 0.2) is 6.07 Å². The molecule has 1 aliphatic heterocycles. The number of carboxylic acid groups (broad SMARTS) is 1. The molecule has 1 aromatic rings. The number of hydrogen-bond acceptors (Lipinski definition) is 4. The van der Waals surface area contributed by atoms with Crippen molar-refractivity contribution in [1.82, 2.24) is 9.97 Å². The largest absolute Gasteiger partial charge is 0.480 e. The monoisotopic (exact) mass is 235 g/mol. The Bertz CT molecular complexity index is 427. The number of aliphatic carboxylic acids is 1. The summed E-state index contributed by atoms with van der Waals surface area (Å²) in [4.78, 5) is 21.7. The van der Waals surface area contributed by atoms with Crippen LogP contribution in [-0.2, 0) is 4.79 Å². The molecule has 5 heteroatoms. The zero-order chi connectivity index (χ0) is 12.6. The van der Waals surface area contributed by atoms with Gasteiger partial charge in [-0.2, -0.15) is 0 Å². The van der Waals surface area contributed by atoms with E-state index in [2.05, 4.69) is 9.97 Å². The summed E-state index contributed by atoms with van der Waals surface area (Å²) in [6, 6.07) is 1.38. The van der Waals surface area contributed by atoms with Gasteiger partial charge in [0.25, 0.3) is 0 Å². The number of aromatic nitrogens is 2. The molecule has 5 nitrogen and oxygen atoms in total. The molecular weight excluding hydrogens is 218 g/mol. The lowest BCUT2D eigenvalue weighted by atomic mass is 10.0. The van der Waals surface area contributed by atoms with E-state index in [9.17, 15) is 9.90 Å². The molecule has 0 aromatic carbocycles. The summed E-state index contributed by atoms with van der Waals surface area (Å²) in [6.07, 6.45) is 0.868. The summed E-state index contributed by atoms with van der Waals surface area (Å²) in [6.45, 7) is 6.46. The van der Waals surface area contributed by atoms with Crippen LogP contribution in [0, 0.1) is 19.8 Å². The third-order valence-corrected chi connectivity index (χ3v) is 3.18. The predicted molar refractivity (Wildman–Crippen MR) is 64.1 cm³/mol. The van der Waals surface area contributed by atoms with Gasteiger partial charge >= 0.3 is 5.97 Å². The standard InChI is InChI=1S/C12H17N3O2/c1-7-4-5-15(10(7)11(16)17)12-13-8(2)6-9(3)14-12/h6-7,10H,4-5H2,1-3H3,(H,16,17). The zero-order valence-electron chi connectivity index (χ0n) is 10.3. The summed E-state index contributed by atoms with van der Waals surface area (Å²) in [5.74, 6) is -0.117. The topological polar surface area (TPSA) is 66.3 Å². The van der Waals surface area contributed by atoms with Crippen LogP contribution >= 0.6 is 0 Å². The Balaban J connectivity index is 2.35. The molecule has 2 atom stereocenters. The highest BCUT2D eigenvalue weighted by Crippen LogP contribution is 2.27. The van der Waals surface area contributed by atoms with Crippen molar-refractivity contribution in [2.45, 2.75) is 33.2 Å². The lowest BCUT2D eigenvalue weighted by molar-refractivity contribution is -0.139. The lowest BCUT2D eigenvalue weighted by Gasteiger charge is -2.23. The Labute approximate surface area is 100 Å². The van der Waals surface area contributed by atoms with Gasteiger partial charge in [0.1, 0.15) is 6.04 Å². The summed E-state index contributed by atoms with van der Waals surface area (Å²) in [5.41, 5.74) is 1.74. The summed E-state index contributed by atoms with van der Waals surface area (Å²) in [5, 5.41) is 9.26. The normalized spacial score (nSPS) is 24.1. The fourth-order valence-corrected chi connectivity index (χ4v) is 2.38. The molecule has 0 spiro atoms. The molecule has 0 aliphatic carbocycles. The second-order valence-electron chi connectivity index (χ2n) is 4.69. The van der Waals surface area contributed by atoms with Crippen LogP contribution in [0.4, 0.5) is 5.95 Å². The third-order valence-electron chi connectivity index (χ3n) is 3.18. The van der Waals surface area contributed by atoms with Gasteiger partial charge in [0.2, 0.25) is 5.95 Å². The fraction of sp³-hybridized carbons (Fsp3) is 0.583. The summed E-state index contributed by atoms with van der Waals surface area (Å²) >= 11 is 0. The van der Waals surface area contributed by atoms with Gasteiger partial charge in [-0.25, -0.2) is 14.8 Å². The van der Waals surface area contributed by atoms with Crippen LogP contribution in [0.5, 0.6) is 0 Å². The van der Waals surface area contributed by atoms with Crippen LogP contribution in [0.1, 0.15) is 24.7 Å². The number of anilines is 1. The van der Waals surface area contributed by atoms with Gasteiger partial charge in [0.15, 0.2) is 0 Å². The smallest absolute Gasteiger partial charge is 0.326 e. The van der Waals surface area contributed by atoms with Gasteiger partial charge < -0.3 is 10.0 Å². The average molecular weight is 235 g/mol. The van der Waals surface area contributed by atoms with Gasteiger partial charge in [-0.05, 0) is 32.3 Å². The highest BCUT2D eigenvalue weighted by molar-refractivity contribution is 5.78.